The quantitative estimate of drug-likeness (QED) is 0.700. The van der Waals surface area contributed by atoms with Gasteiger partial charge in [-0.25, -0.2) is 0 Å². The summed E-state index contributed by atoms with van der Waals surface area (Å²) in [5, 5.41) is 0. The Bertz CT molecular complexity index is 190. The highest BCUT2D eigenvalue weighted by Crippen LogP contribution is 2.28. The molecule has 14 heavy (non-hydrogen) atoms. The molecule has 0 aliphatic heterocycles. The number of hydrogen-bond acceptors (Lipinski definition) is 2. The molecule has 1 aliphatic rings. The van der Waals surface area contributed by atoms with Crippen LogP contribution in [0.1, 0.15) is 39.5 Å². The fraction of sp³-hybridized carbons (Fsp3) is 0.909. The molecule has 0 aromatic heterocycles. The smallest absolute Gasteiger partial charge is 0.225 e. The molecule has 0 aromatic rings. The van der Waals surface area contributed by atoms with Crippen LogP contribution in [-0.4, -0.2) is 29.9 Å². The first-order valence-corrected chi connectivity index (χ1v) is 5.71. The summed E-state index contributed by atoms with van der Waals surface area (Å²) in [7, 11) is 0. The Hall–Kier alpha value is -0.570. The second-order valence-electron chi connectivity index (χ2n) is 4.21. The molecule has 0 radical (unpaired) electrons. The lowest BCUT2D eigenvalue weighted by Crippen LogP contribution is -2.38. The van der Waals surface area contributed by atoms with Crippen LogP contribution >= 0.6 is 0 Å². The Labute approximate surface area is 86.6 Å². The van der Waals surface area contributed by atoms with Crippen molar-refractivity contribution < 1.29 is 4.79 Å². The third-order valence-corrected chi connectivity index (χ3v) is 2.91. The Kier molecular flexibility index (Phi) is 4.39. The van der Waals surface area contributed by atoms with Crippen LogP contribution in [0.5, 0.6) is 0 Å². The number of carbonyl (C=O) groups excluding carboxylic acids is 1. The first-order valence-electron chi connectivity index (χ1n) is 5.71. The molecular weight excluding hydrogens is 176 g/mol. The fourth-order valence-corrected chi connectivity index (χ4v) is 1.58. The van der Waals surface area contributed by atoms with Gasteiger partial charge in [0.25, 0.3) is 0 Å². The average Bonchev–Trinajstić information content (AvgIpc) is 3.01. The van der Waals surface area contributed by atoms with Crippen molar-refractivity contribution >= 4 is 5.91 Å². The van der Waals surface area contributed by atoms with E-state index in [9.17, 15) is 4.79 Å². The van der Waals surface area contributed by atoms with E-state index in [1.165, 1.54) is 12.8 Å². The van der Waals surface area contributed by atoms with Gasteiger partial charge in [0.05, 0.1) is 0 Å². The zero-order valence-electron chi connectivity index (χ0n) is 9.33. The summed E-state index contributed by atoms with van der Waals surface area (Å²) in [6.07, 6.45) is 4.24. The van der Waals surface area contributed by atoms with Crippen LogP contribution in [0.25, 0.3) is 0 Å². The molecule has 0 bridgehead atoms. The first-order chi connectivity index (χ1) is 6.70. The van der Waals surface area contributed by atoms with Crippen LogP contribution in [0.2, 0.25) is 0 Å². The lowest BCUT2D eigenvalue weighted by atomic mass is 10.1. The number of carbonyl (C=O) groups is 1. The Morgan fingerprint density at radius 2 is 2.21 bits per heavy atom. The number of hydrogen-bond donors (Lipinski definition) is 1. The molecule has 0 saturated heterocycles. The van der Waals surface area contributed by atoms with Crippen molar-refractivity contribution in [2.45, 2.75) is 45.6 Å². The molecule has 2 N–H and O–H groups in total. The summed E-state index contributed by atoms with van der Waals surface area (Å²) in [4.78, 5) is 14.0. The average molecular weight is 198 g/mol. The minimum atomic E-state index is 0.174. The van der Waals surface area contributed by atoms with E-state index in [4.69, 9.17) is 5.73 Å². The molecule has 1 unspecified atom stereocenters. The van der Waals surface area contributed by atoms with E-state index in [1.54, 1.807) is 0 Å². The van der Waals surface area contributed by atoms with E-state index in [2.05, 4.69) is 6.92 Å². The molecule has 1 atom stereocenters. The van der Waals surface area contributed by atoms with Crippen LogP contribution in [0.3, 0.4) is 0 Å². The van der Waals surface area contributed by atoms with Crippen molar-refractivity contribution in [3.05, 3.63) is 0 Å². The minimum Gasteiger partial charge on any atom is -0.339 e. The molecule has 3 nitrogen and oxygen atoms in total. The van der Waals surface area contributed by atoms with Crippen molar-refractivity contribution in [1.82, 2.24) is 4.90 Å². The van der Waals surface area contributed by atoms with E-state index < -0.39 is 0 Å². The summed E-state index contributed by atoms with van der Waals surface area (Å²) < 4.78 is 0. The van der Waals surface area contributed by atoms with Gasteiger partial charge < -0.3 is 10.6 Å². The minimum absolute atomic E-state index is 0.174. The van der Waals surface area contributed by atoms with Crippen molar-refractivity contribution in [2.75, 3.05) is 13.1 Å². The van der Waals surface area contributed by atoms with E-state index in [-0.39, 0.29) is 5.92 Å². The zero-order chi connectivity index (χ0) is 10.6. The largest absolute Gasteiger partial charge is 0.339 e. The van der Waals surface area contributed by atoms with Crippen LogP contribution in [-0.2, 0) is 4.79 Å². The van der Waals surface area contributed by atoms with Crippen LogP contribution < -0.4 is 5.73 Å². The summed E-state index contributed by atoms with van der Waals surface area (Å²) in [5.74, 6) is 0.497. The maximum Gasteiger partial charge on any atom is 0.225 e. The lowest BCUT2D eigenvalue weighted by Gasteiger charge is -2.25. The third-order valence-electron chi connectivity index (χ3n) is 2.91. The monoisotopic (exact) mass is 198 g/mol. The van der Waals surface area contributed by atoms with Gasteiger partial charge >= 0.3 is 0 Å². The SMILES string of the molecule is CCC(C)C(=O)N(CCCN)C1CC1. The van der Waals surface area contributed by atoms with Crippen LogP contribution in [0.4, 0.5) is 0 Å². The van der Waals surface area contributed by atoms with Gasteiger partial charge in [0.1, 0.15) is 0 Å². The van der Waals surface area contributed by atoms with E-state index in [0.29, 0.717) is 18.5 Å². The maximum atomic E-state index is 11.9. The Balaban J connectivity index is 2.44. The number of rotatable bonds is 6. The highest BCUT2D eigenvalue weighted by Gasteiger charge is 2.33. The molecule has 1 fully saturated rings. The molecule has 0 aromatic carbocycles. The molecule has 0 heterocycles. The van der Waals surface area contributed by atoms with Crippen molar-refractivity contribution in [3.8, 4) is 0 Å². The third kappa shape index (κ3) is 2.98. The predicted molar refractivity (Wildman–Crippen MR) is 57.9 cm³/mol. The highest BCUT2D eigenvalue weighted by atomic mass is 16.2. The highest BCUT2D eigenvalue weighted by molar-refractivity contribution is 5.79. The second kappa shape index (κ2) is 5.35. The van der Waals surface area contributed by atoms with Gasteiger partial charge in [0, 0.05) is 18.5 Å². The summed E-state index contributed by atoms with van der Waals surface area (Å²) in [5.41, 5.74) is 5.47. The standard InChI is InChI=1S/C11H22N2O/c1-3-9(2)11(14)13(8-4-7-12)10-5-6-10/h9-10H,3-8,12H2,1-2H3. The van der Waals surface area contributed by atoms with Gasteiger partial charge in [-0.3, -0.25) is 4.79 Å². The molecule has 1 saturated carbocycles. The van der Waals surface area contributed by atoms with E-state index in [1.807, 2.05) is 11.8 Å². The fourth-order valence-electron chi connectivity index (χ4n) is 1.58. The van der Waals surface area contributed by atoms with Gasteiger partial charge in [0.15, 0.2) is 0 Å². The van der Waals surface area contributed by atoms with Crippen LogP contribution in [0, 0.1) is 5.92 Å². The van der Waals surface area contributed by atoms with Gasteiger partial charge in [-0.05, 0) is 32.2 Å². The van der Waals surface area contributed by atoms with Crippen LogP contribution in [0.15, 0.2) is 0 Å². The molecular formula is C11H22N2O. The molecule has 3 heteroatoms. The summed E-state index contributed by atoms with van der Waals surface area (Å²) in [6.45, 7) is 5.61. The maximum absolute atomic E-state index is 11.9. The molecule has 1 aliphatic carbocycles. The van der Waals surface area contributed by atoms with Gasteiger partial charge in [-0.2, -0.15) is 0 Å². The number of amides is 1. The number of nitrogens with two attached hydrogens (primary N) is 1. The zero-order valence-corrected chi connectivity index (χ0v) is 9.33. The van der Waals surface area contributed by atoms with E-state index in [0.717, 1.165) is 19.4 Å². The van der Waals surface area contributed by atoms with Crippen molar-refractivity contribution in [2.24, 2.45) is 11.7 Å². The Morgan fingerprint density at radius 3 is 2.64 bits per heavy atom. The lowest BCUT2D eigenvalue weighted by molar-refractivity contribution is -0.135. The topological polar surface area (TPSA) is 46.3 Å². The van der Waals surface area contributed by atoms with Gasteiger partial charge in [-0.1, -0.05) is 13.8 Å². The van der Waals surface area contributed by atoms with Crippen molar-refractivity contribution in [3.63, 3.8) is 0 Å². The van der Waals surface area contributed by atoms with E-state index >= 15 is 0 Å². The molecule has 0 spiro atoms. The van der Waals surface area contributed by atoms with Gasteiger partial charge in [0.2, 0.25) is 5.91 Å². The molecule has 1 amide bonds. The first kappa shape index (κ1) is 11.5. The normalized spacial score (nSPS) is 17.9. The Morgan fingerprint density at radius 1 is 1.57 bits per heavy atom. The van der Waals surface area contributed by atoms with Crippen molar-refractivity contribution in [1.29, 1.82) is 0 Å². The second-order valence-corrected chi connectivity index (χ2v) is 4.21. The van der Waals surface area contributed by atoms with Gasteiger partial charge in [-0.15, -0.1) is 0 Å². The summed E-state index contributed by atoms with van der Waals surface area (Å²) in [6, 6.07) is 0.531. The molecule has 82 valence electrons. The summed E-state index contributed by atoms with van der Waals surface area (Å²) >= 11 is 0. The number of nitrogens with zero attached hydrogens (tertiary/aromatic N) is 1. The molecule has 1 rings (SSSR count). The predicted octanol–water partition coefficient (Wildman–Crippen LogP) is 1.37.